The molecule has 172 valence electrons. The second-order valence-corrected chi connectivity index (χ2v) is 7.88. The summed E-state index contributed by atoms with van der Waals surface area (Å²) >= 11 is 0. The highest BCUT2D eigenvalue weighted by Crippen LogP contribution is 2.29. The minimum atomic E-state index is -0.774. The van der Waals surface area contributed by atoms with Gasteiger partial charge in [0.05, 0.1) is 28.8 Å². The van der Waals surface area contributed by atoms with Gasteiger partial charge in [-0.1, -0.05) is 36.4 Å². The van der Waals surface area contributed by atoms with E-state index >= 15 is 0 Å². The van der Waals surface area contributed by atoms with Crippen LogP contribution in [-0.2, 0) is 4.74 Å². The number of benzene rings is 2. The third-order valence-corrected chi connectivity index (χ3v) is 5.80. The summed E-state index contributed by atoms with van der Waals surface area (Å²) in [6, 6.07) is 15.9. The number of hydrogen-bond acceptors (Lipinski definition) is 8. The minimum Gasteiger partial charge on any atom is -0.460 e. The Morgan fingerprint density at radius 3 is 2.49 bits per heavy atom. The number of pyridine rings is 1. The number of carbonyl (C=O) groups is 1. The third kappa shape index (κ3) is 2.96. The molecule has 10 heteroatoms. The monoisotopic (exact) mass is 467 g/mol. The maximum atomic E-state index is 14.0. The molecule has 0 radical (unpaired) electrons. The molecule has 0 fully saturated rings. The van der Waals surface area contributed by atoms with Crippen LogP contribution in [0.1, 0.15) is 23.2 Å². The van der Waals surface area contributed by atoms with Gasteiger partial charge in [0.2, 0.25) is 11.6 Å². The number of esters is 1. The third-order valence-electron chi connectivity index (χ3n) is 5.80. The van der Waals surface area contributed by atoms with Crippen LogP contribution in [0.15, 0.2) is 68.6 Å². The molecule has 0 unspecified atom stereocenters. The van der Waals surface area contributed by atoms with E-state index in [1.54, 1.807) is 62.4 Å². The van der Waals surface area contributed by atoms with Crippen LogP contribution in [0.2, 0.25) is 0 Å². The van der Waals surface area contributed by atoms with E-state index in [2.05, 4.69) is 15.1 Å². The van der Waals surface area contributed by atoms with Gasteiger partial charge in [0.15, 0.2) is 5.65 Å². The number of fused-ring (bicyclic) bond motifs is 6. The van der Waals surface area contributed by atoms with Crippen LogP contribution in [0.25, 0.3) is 44.2 Å². The van der Waals surface area contributed by atoms with Crippen molar-refractivity contribution in [3.05, 3.63) is 86.9 Å². The van der Waals surface area contributed by atoms with Crippen LogP contribution in [0, 0.1) is 6.92 Å². The van der Waals surface area contributed by atoms with Gasteiger partial charge in [-0.05, 0) is 32.0 Å². The van der Waals surface area contributed by atoms with Crippen LogP contribution in [0.4, 0.5) is 0 Å². The quantitative estimate of drug-likeness (QED) is 0.221. The fourth-order valence-corrected chi connectivity index (χ4v) is 4.34. The maximum Gasteiger partial charge on any atom is 0.376 e. The predicted octanol–water partition coefficient (Wildman–Crippen LogP) is 3.17. The van der Waals surface area contributed by atoms with E-state index in [0.29, 0.717) is 27.7 Å². The predicted molar refractivity (Wildman–Crippen MR) is 128 cm³/mol. The lowest BCUT2D eigenvalue weighted by atomic mass is 10.0. The number of hydrogen-bond donors (Lipinski definition) is 0. The first kappa shape index (κ1) is 20.7. The molecule has 6 aromatic rings. The summed E-state index contributed by atoms with van der Waals surface area (Å²) in [5.41, 5.74) is 0.217. The van der Waals surface area contributed by atoms with Gasteiger partial charge in [-0.25, -0.2) is 19.0 Å². The molecule has 0 amide bonds. The van der Waals surface area contributed by atoms with Crippen molar-refractivity contribution in [1.29, 1.82) is 0 Å². The van der Waals surface area contributed by atoms with E-state index in [0.717, 1.165) is 4.40 Å². The molecule has 0 saturated heterocycles. The van der Waals surface area contributed by atoms with Gasteiger partial charge in [-0.3, -0.25) is 4.79 Å². The van der Waals surface area contributed by atoms with E-state index in [9.17, 15) is 14.4 Å². The number of aryl methyl sites for hydroxylation is 1. The first-order valence-corrected chi connectivity index (χ1v) is 10.9. The smallest absolute Gasteiger partial charge is 0.376 e. The van der Waals surface area contributed by atoms with Crippen molar-refractivity contribution >= 4 is 44.5 Å². The zero-order chi connectivity index (χ0) is 24.3. The van der Waals surface area contributed by atoms with Gasteiger partial charge in [0, 0.05) is 10.8 Å². The molecule has 0 N–H and O–H groups in total. The largest absolute Gasteiger partial charge is 0.460 e. The number of nitrogens with zero attached hydrogens (tertiary/aromatic N) is 5. The molecular weight excluding hydrogens is 450 g/mol. The first-order valence-electron chi connectivity index (χ1n) is 10.9. The van der Waals surface area contributed by atoms with Gasteiger partial charge in [-0.15, -0.1) is 5.10 Å². The molecule has 2 aromatic carbocycles. The molecule has 0 saturated carbocycles. The average molecular weight is 467 g/mol. The summed E-state index contributed by atoms with van der Waals surface area (Å²) in [7, 11) is 0. The van der Waals surface area contributed by atoms with Crippen molar-refractivity contribution in [2.24, 2.45) is 0 Å². The lowest BCUT2D eigenvalue weighted by Gasteiger charge is -2.09. The van der Waals surface area contributed by atoms with Crippen molar-refractivity contribution in [2.45, 2.75) is 13.8 Å². The Balaban J connectivity index is 1.87. The second-order valence-electron chi connectivity index (χ2n) is 7.88. The highest BCUT2D eigenvalue weighted by Gasteiger charge is 2.26. The van der Waals surface area contributed by atoms with Crippen molar-refractivity contribution in [3.8, 4) is 5.69 Å². The molecule has 35 heavy (non-hydrogen) atoms. The lowest BCUT2D eigenvalue weighted by Crippen LogP contribution is -2.22. The Morgan fingerprint density at radius 2 is 1.71 bits per heavy atom. The maximum absolute atomic E-state index is 14.0. The zero-order valence-electron chi connectivity index (χ0n) is 18.7. The summed E-state index contributed by atoms with van der Waals surface area (Å²) in [4.78, 5) is 48.8. The first-order chi connectivity index (χ1) is 17.0. The SMILES string of the molecule is CCOC(=O)c1nn(-c2ccccc2)c2nc3nc(C)c4c(=O)oc5ccccc5c4c3c(=O)n12. The molecule has 6 rings (SSSR count). The minimum absolute atomic E-state index is 0.0883. The summed E-state index contributed by atoms with van der Waals surface area (Å²) in [5.74, 6) is -0.912. The Hall–Kier alpha value is -4.86. The Labute approximate surface area is 196 Å². The molecule has 0 aliphatic rings. The summed E-state index contributed by atoms with van der Waals surface area (Å²) in [6.45, 7) is 3.43. The highest BCUT2D eigenvalue weighted by molar-refractivity contribution is 6.17. The van der Waals surface area contributed by atoms with Crippen LogP contribution in [0.5, 0.6) is 0 Å². The number of carbonyl (C=O) groups excluding carboxylic acids is 1. The Kier molecular flexibility index (Phi) is 4.49. The summed E-state index contributed by atoms with van der Waals surface area (Å²) in [6.07, 6.45) is 0. The van der Waals surface area contributed by atoms with E-state index in [4.69, 9.17) is 9.15 Å². The fourth-order valence-electron chi connectivity index (χ4n) is 4.34. The average Bonchev–Trinajstić information content (AvgIpc) is 3.24. The van der Waals surface area contributed by atoms with Gasteiger partial charge in [0.25, 0.3) is 5.56 Å². The van der Waals surface area contributed by atoms with Crippen molar-refractivity contribution < 1.29 is 13.9 Å². The number of rotatable bonds is 3. The van der Waals surface area contributed by atoms with E-state index in [1.807, 2.05) is 6.07 Å². The summed E-state index contributed by atoms with van der Waals surface area (Å²) < 4.78 is 13.1. The molecular formula is C25H17N5O5. The molecule has 4 heterocycles. The molecule has 0 atom stereocenters. The van der Waals surface area contributed by atoms with Crippen molar-refractivity contribution in [3.63, 3.8) is 0 Å². The van der Waals surface area contributed by atoms with E-state index in [-0.39, 0.29) is 34.6 Å². The number of aromatic nitrogens is 5. The van der Waals surface area contributed by atoms with Crippen LogP contribution < -0.4 is 11.2 Å². The number of para-hydroxylation sites is 2. The Bertz CT molecular complexity index is 1940. The van der Waals surface area contributed by atoms with Crippen molar-refractivity contribution in [2.75, 3.05) is 6.61 Å². The topological polar surface area (TPSA) is 122 Å². The highest BCUT2D eigenvalue weighted by atomic mass is 16.5. The standard InChI is InChI=1S/C25H17N5O5/c1-3-34-24(33)21-28-30(14-9-5-4-6-10-14)25-27-20-19(22(31)29(21)25)18-15-11-7-8-12-16(15)35-23(32)17(18)13(2)26-20/h4-12H,3H2,1-2H3. The summed E-state index contributed by atoms with van der Waals surface area (Å²) in [5, 5.41) is 5.58. The molecule has 0 spiro atoms. The molecule has 0 aliphatic heterocycles. The van der Waals surface area contributed by atoms with Crippen molar-refractivity contribution in [1.82, 2.24) is 24.1 Å². The van der Waals surface area contributed by atoms with Crippen LogP contribution in [-0.4, -0.2) is 36.7 Å². The van der Waals surface area contributed by atoms with Gasteiger partial charge in [-0.2, -0.15) is 9.67 Å². The molecule has 4 aromatic heterocycles. The van der Waals surface area contributed by atoms with Gasteiger partial charge < -0.3 is 9.15 Å². The van der Waals surface area contributed by atoms with E-state index in [1.165, 1.54) is 4.68 Å². The molecule has 0 aliphatic carbocycles. The van der Waals surface area contributed by atoms with Crippen LogP contribution in [0.3, 0.4) is 0 Å². The fraction of sp³-hybridized carbons (Fsp3) is 0.120. The number of ether oxygens (including phenoxy) is 1. The van der Waals surface area contributed by atoms with E-state index < -0.39 is 17.2 Å². The Morgan fingerprint density at radius 1 is 0.971 bits per heavy atom. The second kappa shape index (κ2) is 7.59. The van der Waals surface area contributed by atoms with Crippen LogP contribution >= 0.6 is 0 Å². The molecule has 0 bridgehead atoms. The normalized spacial score (nSPS) is 11.6. The zero-order valence-corrected chi connectivity index (χ0v) is 18.7. The van der Waals surface area contributed by atoms with Gasteiger partial charge in [0.1, 0.15) is 5.58 Å². The molecule has 10 nitrogen and oxygen atoms in total. The lowest BCUT2D eigenvalue weighted by molar-refractivity contribution is 0.0509. The van der Waals surface area contributed by atoms with Gasteiger partial charge >= 0.3 is 11.6 Å².